The number of thioether (sulfide) groups is 1. The second kappa shape index (κ2) is 26.1. The average Bonchev–Trinajstić information content (AvgIpc) is 3.14. The van der Waals surface area contributed by atoms with Gasteiger partial charge in [0.25, 0.3) is 5.91 Å². The second-order valence-electron chi connectivity index (χ2n) is 11.8. The number of phosphoric acid groups is 1. The standard InChI is InChI=1S/C32H49N8O13PS/c1-55-15-12-23(34)29(46)35-17-28(45)38-25(10-7-20-5-8-22(43)9-6-20)31(48)40-26(11-14-41)32(49)39-24(4-2-3-13-33)30(47)36-16-27(44)37-21(18-42)19-53-54(50,51)52/h5-6,8-9,18,21,23-26,41,43H,2-4,7,10,12-13,15-17,19,33-34H2,1H3,(H,35,46)(H,36,47)(H,37,44)(H,38,45)(H,39,49)(H,40,48)(H2,50,51,52)/t21-,23+,24+,25+,26+/m1/s1. The Balaban J connectivity index is 3.07. The third-order valence-electron chi connectivity index (χ3n) is 7.40. The van der Waals surface area contributed by atoms with E-state index in [0.717, 1.165) is 0 Å². The van der Waals surface area contributed by atoms with Crippen molar-refractivity contribution in [3.63, 3.8) is 0 Å². The minimum atomic E-state index is -4.94. The van der Waals surface area contributed by atoms with Crippen LogP contribution in [0.4, 0.5) is 0 Å². The largest absolute Gasteiger partial charge is 0.508 e. The highest BCUT2D eigenvalue weighted by molar-refractivity contribution is 7.98. The Labute approximate surface area is 321 Å². The number of carbonyl (C=O) groups is 7. The molecule has 1 aromatic carbocycles. The summed E-state index contributed by atoms with van der Waals surface area (Å²) in [7, 11) is -4.94. The maximum atomic E-state index is 13.5. The molecule has 14 N–H and O–H groups in total. The molecule has 5 atom stereocenters. The Morgan fingerprint density at radius 2 is 1.49 bits per heavy atom. The third kappa shape index (κ3) is 21.1. The van der Waals surface area contributed by atoms with Crippen LogP contribution in [0, 0.1) is 12.0 Å². The van der Waals surface area contributed by atoms with E-state index < -0.39 is 93.2 Å². The SMILES string of the molecule is CSCC[C@H](N)C(=O)NCC(=O)N[C@@H](CCc1ccc(O)cc1)C(=O)N[C@@H](C#CO)C(=O)N[C@@H](CCCCN)C(=O)NCC(=O)N[C@H](C=O)COP(=O)(O)O. The van der Waals surface area contributed by atoms with Gasteiger partial charge < -0.3 is 68.2 Å². The van der Waals surface area contributed by atoms with Gasteiger partial charge in [-0.3, -0.25) is 33.3 Å². The number of aromatic hydroxyl groups is 1. The zero-order valence-electron chi connectivity index (χ0n) is 30.0. The number of phenols is 1. The van der Waals surface area contributed by atoms with Crippen LogP contribution < -0.4 is 43.4 Å². The summed E-state index contributed by atoms with van der Waals surface area (Å²) in [5, 5.41) is 32.9. The number of aliphatic hydroxyl groups is 1. The van der Waals surface area contributed by atoms with Gasteiger partial charge >= 0.3 is 7.82 Å². The summed E-state index contributed by atoms with van der Waals surface area (Å²) >= 11 is 1.49. The number of nitrogens with two attached hydrogens (primary N) is 2. The van der Waals surface area contributed by atoms with Crippen molar-refractivity contribution in [3.05, 3.63) is 29.8 Å². The highest BCUT2D eigenvalue weighted by Crippen LogP contribution is 2.35. The highest BCUT2D eigenvalue weighted by Gasteiger charge is 2.30. The lowest BCUT2D eigenvalue weighted by atomic mass is 10.0. The van der Waals surface area contributed by atoms with Gasteiger partial charge in [-0.05, 0) is 80.7 Å². The van der Waals surface area contributed by atoms with E-state index in [0.29, 0.717) is 30.6 Å². The molecule has 0 radical (unpaired) electrons. The number of rotatable bonds is 26. The van der Waals surface area contributed by atoms with E-state index in [2.05, 4.69) is 42.3 Å². The summed E-state index contributed by atoms with van der Waals surface area (Å²) in [6, 6.07) is -0.693. The first-order valence-electron chi connectivity index (χ1n) is 16.8. The first-order valence-corrected chi connectivity index (χ1v) is 19.7. The van der Waals surface area contributed by atoms with Gasteiger partial charge in [0, 0.05) is 0 Å². The summed E-state index contributed by atoms with van der Waals surface area (Å²) in [4.78, 5) is 106. The Kier molecular flexibility index (Phi) is 22.9. The Morgan fingerprint density at radius 3 is 2.07 bits per heavy atom. The minimum Gasteiger partial charge on any atom is -0.508 e. The van der Waals surface area contributed by atoms with Gasteiger partial charge in [0.15, 0.2) is 6.04 Å². The number of amides is 6. The van der Waals surface area contributed by atoms with Crippen molar-refractivity contribution in [1.29, 1.82) is 0 Å². The fourth-order valence-corrected chi connectivity index (χ4v) is 5.34. The molecule has 0 aromatic heterocycles. The van der Waals surface area contributed by atoms with E-state index in [-0.39, 0.29) is 37.8 Å². The summed E-state index contributed by atoms with van der Waals surface area (Å²) < 4.78 is 15.1. The predicted molar refractivity (Wildman–Crippen MR) is 198 cm³/mol. The number of aliphatic hydroxyl groups excluding tert-OH is 1. The number of phenolic OH excluding ortho intramolecular Hbond substituents is 1. The molecule has 55 heavy (non-hydrogen) atoms. The fourth-order valence-electron chi connectivity index (χ4n) is 4.49. The van der Waals surface area contributed by atoms with Crippen LogP contribution in [0.5, 0.6) is 5.75 Å². The van der Waals surface area contributed by atoms with Crippen LogP contribution in [-0.2, 0) is 49.1 Å². The molecule has 0 heterocycles. The Hall–Kier alpha value is -4.75. The van der Waals surface area contributed by atoms with Crippen LogP contribution in [-0.4, -0.2) is 130 Å². The topological polar surface area (TPSA) is 351 Å². The molecule has 1 rings (SSSR count). The molecule has 0 saturated carbocycles. The molecular weight excluding hydrogens is 767 g/mol. The van der Waals surface area contributed by atoms with E-state index in [1.807, 2.05) is 6.26 Å². The number of hydrogen-bond donors (Lipinski definition) is 12. The average molecular weight is 817 g/mol. The van der Waals surface area contributed by atoms with Crippen molar-refractivity contribution in [2.45, 2.75) is 68.7 Å². The van der Waals surface area contributed by atoms with Gasteiger partial charge in [0.05, 0.1) is 25.7 Å². The fraction of sp³-hybridized carbons (Fsp3) is 0.531. The molecule has 0 aliphatic rings. The second-order valence-corrected chi connectivity index (χ2v) is 14.0. The van der Waals surface area contributed by atoms with Crippen molar-refractivity contribution in [3.8, 4) is 17.8 Å². The summed E-state index contributed by atoms with van der Waals surface area (Å²) in [6.45, 7) is -1.86. The number of unbranched alkanes of at least 4 members (excludes halogenated alkanes) is 1. The number of carbonyl (C=O) groups excluding carboxylic acids is 7. The lowest BCUT2D eigenvalue weighted by Crippen LogP contribution is -2.57. The summed E-state index contributed by atoms with van der Waals surface area (Å²) in [5.74, 6) is -2.41. The van der Waals surface area contributed by atoms with E-state index in [1.165, 1.54) is 30.0 Å². The zero-order chi connectivity index (χ0) is 41.4. The molecule has 0 bridgehead atoms. The highest BCUT2D eigenvalue weighted by atomic mass is 32.2. The van der Waals surface area contributed by atoms with Gasteiger partial charge in [-0.15, -0.1) is 0 Å². The molecule has 1 aromatic rings. The predicted octanol–water partition coefficient (Wildman–Crippen LogP) is -3.65. The third-order valence-corrected chi connectivity index (χ3v) is 8.53. The molecule has 0 spiro atoms. The van der Waals surface area contributed by atoms with Gasteiger partial charge in [-0.2, -0.15) is 11.8 Å². The number of nitrogens with one attached hydrogen (secondary N) is 6. The van der Waals surface area contributed by atoms with Crippen LogP contribution >= 0.6 is 19.6 Å². The van der Waals surface area contributed by atoms with E-state index in [4.69, 9.17) is 21.3 Å². The summed E-state index contributed by atoms with van der Waals surface area (Å²) in [5.41, 5.74) is 12.1. The molecule has 23 heteroatoms. The van der Waals surface area contributed by atoms with E-state index >= 15 is 0 Å². The number of aldehydes is 1. The maximum Gasteiger partial charge on any atom is 0.469 e. The van der Waals surface area contributed by atoms with Gasteiger partial charge in [0.2, 0.25) is 29.5 Å². The smallest absolute Gasteiger partial charge is 0.469 e. The van der Waals surface area contributed by atoms with Gasteiger partial charge in [-0.1, -0.05) is 12.1 Å². The maximum absolute atomic E-state index is 13.5. The van der Waals surface area contributed by atoms with Crippen molar-refractivity contribution < 1.29 is 62.7 Å². The molecule has 0 unspecified atom stereocenters. The van der Waals surface area contributed by atoms with E-state index in [1.54, 1.807) is 12.1 Å². The number of hydrogen-bond acceptors (Lipinski definition) is 14. The first-order chi connectivity index (χ1) is 26.0. The van der Waals surface area contributed by atoms with Crippen LogP contribution in [0.25, 0.3) is 0 Å². The van der Waals surface area contributed by atoms with Crippen LogP contribution in [0.1, 0.15) is 37.7 Å². The van der Waals surface area contributed by atoms with Crippen LogP contribution in [0.2, 0.25) is 0 Å². The Bertz CT molecular complexity index is 1550. The van der Waals surface area contributed by atoms with E-state index in [9.17, 15) is 48.3 Å². The van der Waals surface area contributed by atoms with Crippen molar-refractivity contribution in [1.82, 2.24) is 31.9 Å². The molecule has 0 saturated heterocycles. The molecular formula is C32H49N8O13PS. The monoisotopic (exact) mass is 816 g/mol. The van der Waals surface area contributed by atoms with Gasteiger partial charge in [-0.25, -0.2) is 4.57 Å². The Morgan fingerprint density at radius 1 is 0.873 bits per heavy atom. The molecule has 0 fully saturated rings. The molecule has 0 aliphatic heterocycles. The number of aryl methyl sites for hydroxylation is 1. The number of phosphoric ester groups is 1. The number of benzene rings is 1. The zero-order valence-corrected chi connectivity index (χ0v) is 31.7. The van der Waals surface area contributed by atoms with Gasteiger partial charge in [0.1, 0.15) is 36.3 Å². The molecule has 0 aliphatic carbocycles. The molecule has 21 nitrogen and oxygen atoms in total. The quantitative estimate of drug-likeness (QED) is 0.0186. The summed E-state index contributed by atoms with van der Waals surface area (Å²) in [6.07, 6.45) is 4.83. The first kappa shape index (κ1) is 48.3. The van der Waals surface area contributed by atoms with Crippen molar-refractivity contribution in [2.24, 2.45) is 11.5 Å². The lowest BCUT2D eigenvalue weighted by Gasteiger charge is -2.23. The van der Waals surface area contributed by atoms with Crippen LogP contribution in [0.15, 0.2) is 24.3 Å². The van der Waals surface area contributed by atoms with Crippen molar-refractivity contribution >= 4 is 61.3 Å². The molecule has 306 valence electrons. The normalized spacial score (nSPS) is 13.6. The lowest BCUT2D eigenvalue weighted by molar-refractivity contribution is -0.133. The molecule has 6 amide bonds. The minimum absolute atomic E-state index is 0.00485. The van der Waals surface area contributed by atoms with Crippen LogP contribution in [0.3, 0.4) is 0 Å². The van der Waals surface area contributed by atoms with Crippen molar-refractivity contribution in [2.75, 3.05) is 38.2 Å².